The van der Waals surface area contributed by atoms with Crippen molar-refractivity contribution in [1.29, 1.82) is 0 Å². The number of anilines is 1. The molecule has 2 amide bonds. The zero-order chi connectivity index (χ0) is 27.2. The van der Waals surface area contributed by atoms with Crippen LogP contribution in [0.4, 0.5) is 5.69 Å². The van der Waals surface area contributed by atoms with Gasteiger partial charge >= 0.3 is 0 Å². The molecule has 0 aliphatic heterocycles. The summed E-state index contributed by atoms with van der Waals surface area (Å²) in [5.41, 5.74) is 0.857. The molecule has 11 heteroatoms. The normalized spacial score (nSPS) is 11.9. The average molecular weight is 564 g/mol. The zero-order valence-corrected chi connectivity index (χ0v) is 22.8. The fraction of sp³-hybridized carbons (Fsp3) is 0.231. The van der Waals surface area contributed by atoms with Gasteiger partial charge in [-0.15, -0.1) is 0 Å². The zero-order valence-electron chi connectivity index (χ0n) is 20.5. The van der Waals surface area contributed by atoms with Crippen molar-refractivity contribution in [3.63, 3.8) is 0 Å². The molecule has 0 aliphatic carbocycles. The number of amides is 2. The van der Waals surface area contributed by atoms with Crippen molar-refractivity contribution >= 4 is 50.7 Å². The van der Waals surface area contributed by atoms with E-state index >= 15 is 0 Å². The van der Waals surface area contributed by atoms with Crippen LogP contribution < -0.4 is 14.4 Å². The van der Waals surface area contributed by atoms with Gasteiger partial charge in [-0.1, -0.05) is 53.5 Å². The highest BCUT2D eigenvalue weighted by atomic mass is 35.5. The number of benzene rings is 3. The van der Waals surface area contributed by atoms with E-state index in [-0.39, 0.29) is 27.2 Å². The van der Waals surface area contributed by atoms with Crippen molar-refractivity contribution in [2.24, 2.45) is 0 Å². The summed E-state index contributed by atoms with van der Waals surface area (Å²) >= 11 is 12.2. The van der Waals surface area contributed by atoms with Gasteiger partial charge in [-0.3, -0.25) is 13.9 Å². The van der Waals surface area contributed by atoms with E-state index in [2.05, 4.69) is 5.32 Å². The monoisotopic (exact) mass is 563 g/mol. The molecule has 0 spiro atoms. The van der Waals surface area contributed by atoms with Crippen molar-refractivity contribution in [3.05, 3.63) is 88.4 Å². The van der Waals surface area contributed by atoms with Gasteiger partial charge in [0.2, 0.25) is 11.8 Å². The first-order valence-corrected chi connectivity index (χ1v) is 13.4. The van der Waals surface area contributed by atoms with E-state index in [4.69, 9.17) is 27.9 Å². The molecule has 0 aliphatic rings. The van der Waals surface area contributed by atoms with Crippen LogP contribution in [0.2, 0.25) is 10.0 Å². The van der Waals surface area contributed by atoms with Crippen LogP contribution in [0.25, 0.3) is 0 Å². The molecular formula is C26H27Cl2N3O5S. The Morgan fingerprint density at radius 2 is 1.68 bits per heavy atom. The molecule has 0 aromatic heterocycles. The van der Waals surface area contributed by atoms with E-state index < -0.39 is 34.4 Å². The number of sulfonamides is 1. The lowest BCUT2D eigenvalue weighted by molar-refractivity contribution is -0.139. The second-order valence-electron chi connectivity index (χ2n) is 8.09. The molecule has 0 saturated carbocycles. The number of methoxy groups -OCH3 is 1. The van der Waals surface area contributed by atoms with Crippen molar-refractivity contribution < 1.29 is 22.7 Å². The molecule has 0 bridgehead atoms. The highest BCUT2D eigenvalue weighted by Gasteiger charge is 2.32. The third-order valence-corrected chi connectivity index (χ3v) is 8.23. The smallest absolute Gasteiger partial charge is 0.264 e. The fourth-order valence-corrected chi connectivity index (χ4v) is 5.37. The molecule has 3 aromatic carbocycles. The molecule has 3 aromatic rings. The van der Waals surface area contributed by atoms with Gasteiger partial charge in [-0.05, 0) is 55.0 Å². The lowest BCUT2D eigenvalue weighted by atomic mass is 10.1. The number of nitrogens with zero attached hydrogens (tertiary/aromatic N) is 2. The molecule has 0 heterocycles. The molecular weight excluding hydrogens is 537 g/mol. The molecule has 196 valence electrons. The molecule has 0 saturated heterocycles. The third-order valence-electron chi connectivity index (χ3n) is 5.70. The SMILES string of the molecule is CNC(=O)[C@H](C)N(Cc1cccc(OC)c1)C(=O)CN(c1ccc(Cl)c(Cl)c1)S(=O)(=O)c1ccccc1. The summed E-state index contributed by atoms with van der Waals surface area (Å²) in [5, 5.41) is 2.91. The quantitative estimate of drug-likeness (QED) is 0.395. The van der Waals surface area contributed by atoms with Gasteiger partial charge in [-0.2, -0.15) is 0 Å². The second kappa shape index (κ2) is 12.3. The summed E-state index contributed by atoms with van der Waals surface area (Å²) in [6.07, 6.45) is 0. The van der Waals surface area contributed by atoms with Gasteiger partial charge in [0.05, 0.1) is 27.7 Å². The fourth-order valence-electron chi connectivity index (χ4n) is 3.65. The number of nitrogens with one attached hydrogen (secondary N) is 1. The van der Waals surface area contributed by atoms with Crippen LogP contribution in [0.1, 0.15) is 12.5 Å². The van der Waals surface area contributed by atoms with E-state index in [9.17, 15) is 18.0 Å². The maximum Gasteiger partial charge on any atom is 0.264 e. The predicted octanol–water partition coefficient (Wildman–Crippen LogP) is 4.36. The van der Waals surface area contributed by atoms with Crippen LogP contribution in [0, 0.1) is 0 Å². The number of halogens is 2. The summed E-state index contributed by atoms with van der Waals surface area (Å²) in [6.45, 7) is 1.04. The summed E-state index contributed by atoms with van der Waals surface area (Å²) in [6, 6.07) is 18.2. The van der Waals surface area contributed by atoms with E-state index in [1.54, 1.807) is 49.4 Å². The molecule has 8 nitrogen and oxygen atoms in total. The summed E-state index contributed by atoms with van der Waals surface area (Å²) in [5.74, 6) is -0.408. The number of ether oxygens (including phenoxy) is 1. The van der Waals surface area contributed by atoms with Gasteiger partial charge in [0.25, 0.3) is 10.0 Å². The largest absolute Gasteiger partial charge is 0.497 e. The number of likely N-dealkylation sites (N-methyl/N-ethyl adjacent to an activating group) is 1. The molecule has 3 rings (SSSR count). The van der Waals surface area contributed by atoms with Crippen LogP contribution in [0.3, 0.4) is 0 Å². The number of hydrogen-bond acceptors (Lipinski definition) is 5. The van der Waals surface area contributed by atoms with Crippen LogP contribution in [0.15, 0.2) is 77.7 Å². The molecule has 37 heavy (non-hydrogen) atoms. The topological polar surface area (TPSA) is 96.0 Å². The maximum absolute atomic E-state index is 13.7. The van der Waals surface area contributed by atoms with Crippen LogP contribution in [0.5, 0.6) is 5.75 Å². The molecule has 0 radical (unpaired) electrons. The molecule has 1 atom stereocenters. The average Bonchev–Trinajstić information content (AvgIpc) is 2.91. The van der Waals surface area contributed by atoms with E-state index in [1.165, 1.54) is 49.4 Å². The minimum absolute atomic E-state index is 0.00688. The highest BCUT2D eigenvalue weighted by Crippen LogP contribution is 2.31. The maximum atomic E-state index is 13.7. The predicted molar refractivity (Wildman–Crippen MR) is 145 cm³/mol. The van der Waals surface area contributed by atoms with Gasteiger partial charge in [0, 0.05) is 13.6 Å². The first kappa shape index (κ1) is 28.3. The van der Waals surface area contributed by atoms with Gasteiger partial charge in [0.15, 0.2) is 0 Å². The Balaban J connectivity index is 2.05. The van der Waals surface area contributed by atoms with E-state index in [0.29, 0.717) is 11.3 Å². The second-order valence-corrected chi connectivity index (χ2v) is 10.8. The molecule has 0 fully saturated rings. The molecule has 1 N–H and O–H groups in total. The minimum Gasteiger partial charge on any atom is -0.497 e. The molecule has 0 unspecified atom stereocenters. The van der Waals surface area contributed by atoms with Crippen molar-refractivity contribution in [1.82, 2.24) is 10.2 Å². The van der Waals surface area contributed by atoms with Crippen LogP contribution in [-0.4, -0.2) is 51.9 Å². The third kappa shape index (κ3) is 6.74. The number of rotatable bonds is 10. The lowest BCUT2D eigenvalue weighted by Gasteiger charge is -2.32. The van der Waals surface area contributed by atoms with Crippen molar-refractivity contribution in [3.8, 4) is 5.75 Å². The van der Waals surface area contributed by atoms with Gasteiger partial charge in [-0.25, -0.2) is 8.42 Å². The Kier molecular flexibility index (Phi) is 9.42. The van der Waals surface area contributed by atoms with Gasteiger partial charge < -0.3 is 15.0 Å². The summed E-state index contributed by atoms with van der Waals surface area (Å²) < 4.78 is 33.6. The first-order valence-electron chi connectivity index (χ1n) is 11.2. The Morgan fingerprint density at radius 1 is 0.973 bits per heavy atom. The summed E-state index contributed by atoms with van der Waals surface area (Å²) in [7, 11) is -1.19. The standard InChI is InChI=1S/C26H27Cl2N3O5S/c1-18(26(33)29-2)30(16-19-8-7-9-21(14-19)36-3)25(32)17-31(20-12-13-23(27)24(28)15-20)37(34,35)22-10-5-4-6-11-22/h4-15,18H,16-17H2,1-3H3,(H,29,33)/t18-/m0/s1. The Bertz CT molecular complexity index is 1370. The Morgan fingerprint density at radius 3 is 2.30 bits per heavy atom. The van der Waals surface area contributed by atoms with E-state index in [0.717, 1.165) is 4.31 Å². The number of hydrogen-bond donors (Lipinski definition) is 1. The van der Waals surface area contributed by atoms with Crippen LogP contribution >= 0.6 is 23.2 Å². The van der Waals surface area contributed by atoms with Gasteiger partial charge in [0.1, 0.15) is 18.3 Å². The first-order chi connectivity index (χ1) is 17.6. The highest BCUT2D eigenvalue weighted by molar-refractivity contribution is 7.92. The number of carbonyl (C=O) groups is 2. The van der Waals surface area contributed by atoms with E-state index in [1.807, 2.05) is 0 Å². The minimum atomic E-state index is -4.18. The van der Waals surface area contributed by atoms with Crippen LogP contribution in [-0.2, 0) is 26.2 Å². The summed E-state index contributed by atoms with van der Waals surface area (Å²) in [4.78, 5) is 27.6. The Labute approximate surface area is 226 Å². The lowest BCUT2D eigenvalue weighted by Crippen LogP contribution is -2.50. The Hall–Kier alpha value is -3.27. The number of carbonyl (C=O) groups excluding carboxylic acids is 2. The van der Waals surface area contributed by atoms with Crippen molar-refractivity contribution in [2.45, 2.75) is 24.4 Å². The van der Waals surface area contributed by atoms with Crippen molar-refractivity contribution in [2.75, 3.05) is 25.0 Å².